The van der Waals surface area contributed by atoms with Crippen LogP contribution < -0.4 is 5.32 Å². The lowest BCUT2D eigenvalue weighted by Gasteiger charge is -2.20. The van der Waals surface area contributed by atoms with Crippen molar-refractivity contribution in [1.82, 2.24) is 14.9 Å². The third kappa shape index (κ3) is 2.43. The summed E-state index contributed by atoms with van der Waals surface area (Å²) in [6.07, 6.45) is 3.58. The highest BCUT2D eigenvalue weighted by molar-refractivity contribution is 5.34. The van der Waals surface area contributed by atoms with E-state index >= 15 is 0 Å². The Morgan fingerprint density at radius 2 is 2.22 bits per heavy atom. The topological polar surface area (TPSA) is 29.9 Å². The Hall–Kier alpha value is -1.68. The van der Waals surface area contributed by atoms with E-state index in [4.69, 9.17) is 0 Å². The molecule has 0 spiro atoms. The molecule has 1 atom stereocenters. The summed E-state index contributed by atoms with van der Waals surface area (Å²) in [6.45, 7) is 4.85. The fourth-order valence-corrected chi connectivity index (χ4v) is 2.15. The summed E-state index contributed by atoms with van der Waals surface area (Å²) in [4.78, 5) is 4.13. The largest absolute Gasteiger partial charge is 0.336 e. The second-order valence-electron chi connectivity index (χ2n) is 4.42. The molecule has 0 aliphatic heterocycles. The van der Waals surface area contributed by atoms with E-state index in [1.807, 2.05) is 37.7 Å². The highest BCUT2D eigenvalue weighted by Gasteiger charge is 2.18. The zero-order valence-corrected chi connectivity index (χ0v) is 10.9. The van der Waals surface area contributed by atoms with Crippen molar-refractivity contribution in [1.29, 1.82) is 0 Å². The van der Waals surface area contributed by atoms with Gasteiger partial charge in [-0.25, -0.2) is 9.37 Å². The molecule has 1 unspecified atom stereocenters. The lowest BCUT2D eigenvalue weighted by atomic mass is 9.98. The minimum Gasteiger partial charge on any atom is -0.336 e. The van der Waals surface area contributed by atoms with Gasteiger partial charge in [0.25, 0.3) is 0 Å². The zero-order valence-electron chi connectivity index (χ0n) is 10.9. The molecule has 0 aliphatic carbocycles. The Labute approximate surface area is 107 Å². The van der Waals surface area contributed by atoms with Crippen LogP contribution in [0, 0.1) is 12.7 Å². The van der Waals surface area contributed by atoms with Gasteiger partial charge in [0.1, 0.15) is 5.82 Å². The summed E-state index contributed by atoms with van der Waals surface area (Å²) in [5.41, 5.74) is 3.06. The molecule has 4 heteroatoms. The van der Waals surface area contributed by atoms with Crippen LogP contribution >= 0.6 is 0 Å². The molecule has 3 nitrogen and oxygen atoms in total. The summed E-state index contributed by atoms with van der Waals surface area (Å²) >= 11 is 0. The number of hydrogen-bond acceptors (Lipinski definition) is 2. The second kappa shape index (κ2) is 5.31. The minimum atomic E-state index is -0.208. The van der Waals surface area contributed by atoms with Gasteiger partial charge in [0, 0.05) is 7.05 Å². The fraction of sp³-hybridized carbons (Fsp3) is 0.357. The third-order valence-corrected chi connectivity index (χ3v) is 3.11. The summed E-state index contributed by atoms with van der Waals surface area (Å²) in [5, 5.41) is 3.38. The van der Waals surface area contributed by atoms with Crippen molar-refractivity contribution in [3.05, 3.63) is 53.4 Å². The van der Waals surface area contributed by atoms with Crippen molar-refractivity contribution >= 4 is 0 Å². The molecule has 0 bridgehead atoms. The molecule has 0 saturated carbocycles. The number of nitrogens with zero attached hydrogens (tertiary/aromatic N) is 2. The van der Waals surface area contributed by atoms with Crippen molar-refractivity contribution in [2.75, 3.05) is 6.54 Å². The third-order valence-electron chi connectivity index (χ3n) is 3.11. The number of aryl methyl sites for hydroxylation is 2. The predicted molar refractivity (Wildman–Crippen MR) is 69.9 cm³/mol. The quantitative estimate of drug-likeness (QED) is 0.900. The highest BCUT2D eigenvalue weighted by Crippen LogP contribution is 2.25. The first-order valence-corrected chi connectivity index (χ1v) is 6.09. The van der Waals surface area contributed by atoms with Crippen LogP contribution in [0.1, 0.15) is 29.8 Å². The van der Waals surface area contributed by atoms with E-state index in [0.717, 1.165) is 23.4 Å². The standard InChI is InChI=1S/C14H18FN3/c1-4-17-14(13-8-16-9-18(13)3)12-7-11(15)6-5-10(12)2/h5-9,14,17H,4H2,1-3H3. The van der Waals surface area contributed by atoms with Crippen LogP contribution in [0.25, 0.3) is 0 Å². The van der Waals surface area contributed by atoms with Crippen molar-refractivity contribution < 1.29 is 4.39 Å². The summed E-state index contributed by atoms with van der Waals surface area (Å²) in [5.74, 6) is -0.208. The maximum atomic E-state index is 13.4. The Morgan fingerprint density at radius 1 is 1.44 bits per heavy atom. The van der Waals surface area contributed by atoms with Gasteiger partial charge in [0.2, 0.25) is 0 Å². The average Bonchev–Trinajstić information content (AvgIpc) is 2.76. The van der Waals surface area contributed by atoms with Crippen molar-refractivity contribution in [2.45, 2.75) is 19.9 Å². The van der Waals surface area contributed by atoms with Gasteiger partial charge in [-0.2, -0.15) is 0 Å². The molecule has 1 heterocycles. The van der Waals surface area contributed by atoms with E-state index < -0.39 is 0 Å². The van der Waals surface area contributed by atoms with Gasteiger partial charge in [-0.3, -0.25) is 0 Å². The molecule has 0 radical (unpaired) electrons. The van der Waals surface area contributed by atoms with Gasteiger partial charge in [-0.05, 0) is 36.7 Å². The summed E-state index contributed by atoms with van der Waals surface area (Å²) < 4.78 is 15.4. The fourth-order valence-electron chi connectivity index (χ4n) is 2.15. The smallest absolute Gasteiger partial charge is 0.123 e. The molecule has 0 saturated heterocycles. The van der Waals surface area contributed by atoms with Gasteiger partial charge in [0.05, 0.1) is 24.3 Å². The molecule has 1 N–H and O–H groups in total. The number of rotatable bonds is 4. The van der Waals surface area contributed by atoms with E-state index in [2.05, 4.69) is 10.3 Å². The highest BCUT2D eigenvalue weighted by atomic mass is 19.1. The first kappa shape index (κ1) is 12.8. The molecule has 2 rings (SSSR count). The van der Waals surface area contributed by atoms with Crippen molar-refractivity contribution in [3.63, 3.8) is 0 Å². The van der Waals surface area contributed by atoms with Crippen LogP contribution in [0.15, 0.2) is 30.7 Å². The van der Waals surface area contributed by atoms with Gasteiger partial charge in [0.15, 0.2) is 0 Å². The first-order chi connectivity index (χ1) is 8.63. The average molecular weight is 247 g/mol. The Morgan fingerprint density at radius 3 is 2.83 bits per heavy atom. The monoisotopic (exact) mass is 247 g/mol. The number of nitrogens with one attached hydrogen (secondary N) is 1. The van der Waals surface area contributed by atoms with Crippen LogP contribution in [-0.4, -0.2) is 16.1 Å². The molecule has 0 aliphatic rings. The van der Waals surface area contributed by atoms with Gasteiger partial charge in [-0.15, -0.1) is 0 Å². The number of hydrogen-bond donors (Lipinski definition) is 1. The summed E-state index contributed by atoms with van der Waals surface area (Å²) in [6, 6.07) is 4.87. The van der Waals surface area contributed by atoms with Crippen molar-refractivity contribution in [3.8, 4) is 0 Å². The zero-order chi connectivity index (χ0) is 13.1. The van der Waals surface area contributed by atoms with Gasteiger partial charge < -0.3 is 9.88 Å². The van der Waals surface area contributed by atoms with E-state index in [0.29, 0.717) is 0 Å². The number of halogens is 1. The predicted octanol–water partition coefficient (Wildman–Crippen LogP) is 2.57. The van der Waals surface area contributed by atoms with Crippen molar-refractivity contribution in [2.24, 2.45) is 7.05 Å². The van der Waals surface area contributed by atoms with Crippen LogP contribution in [0.5, 0.6) is 0 Å². The Bertz CT molecular complexity index is 534. The molecular formula is C14H18FN3. The molecule has 96 valence electrons. The number of benzene rings is 1. The maximum absolute atomic E-state index is 13.4. The van der Waals surface area contributed by atoms with E-state index in [1.165, 1.54) is 6.07 Å². The van der Waals surface area contributed by atoms with E-state index in [1.54, 1.807) is 12.4 Å². The Balaban J connectivity index is 2.48. The molecule has 0 fully saturated rings. The molecule has 1 aromatic heterocycles. The minimum absolute atomic E-state index is 0.0294. The number of imidazole rings is 1. The van der Waals surface area contributed by atoms with E-state index in [9.17, 15) is 4.39 Å². The Kier molecular flexibility index (Phi) is 3.77. The lowest BCUT2D eigenvalue weighted by molar-refractivity contribution is 0.578. The molecule has 1 aromatic carbocycles. The van der Waals surface area contributed by atoms with Gasteiger partial charge in [-0.1, -0.05) is 13.0 Å². The maximum Gasteiger partial charge on any atom is 0.123 e. The van der Waals surface area contributed by atoms with Gasteiger partial charge >= 0.3 is 0 Å². The normalized spacial score (nSPS) is 12.7. The second-order valence-corrected chi connectivity index (χ2v) is 4.42. The summed E-state index contributed by atoms with van der Waals surface area (Å²) in [7, 11) is 1.95. The van der Waals surface area contributed by atoms with Crippen LogP contribution in [0.3, 0.4) is 0 Å². The molecular weight excluding hydrogens is 229 g/mol. The van der Waals surface area contributed by atoms with E-state index in [-0.39, 0.29) is 11.9 Å². The lowest BCUT2D eigenvalue weighted by Crippen LogP contribution is -2.24. The van der Waals surface area contributed by atoms with Crippen LogP contribution in [0.2, 0.25) is 0 Å². The number of aromatic nitrogens is 2. The molecule has 18 heavy (non-hydrogen) atoms. The molecule has 0 amide bonds. The first-order valence-electron chi connectivity index (χ1n) is 6.09. The SMILES string of the molecule is CCNC(c1cc(F)ccc1C)c1cncn1C. The molecule has 2 aromatic rings. The van der Waals surface area contributed by atoms with Crippen LogP contribution in [0.4, 0.5) is 4.39 Å². The van der Waals surface area contributed by atoms with Crippen LogP contribution in [-0.2, 0) is 7.05 Å².